The standard InChI is InChI=1S/C10H13F2N3O/c1-2-14-8-3-4-13-5-7(8)10(16)15-6-9(11)12/h3-5,9H,2,6H2,1H3,(H,13,14)(H,15,16). The van der Waals surface area contributed by atoms with Gasteiger partial charge in [-0.3, -0.25) is 9.78 Å². The lowest BCUT2D eigenvalue weighted by Crippen LogP contribution is -2.29. The van der Waals surface area contributed by atoms with E-state index in [2.05, 4.69) is 15.6 Å². The number of anilines is 1. The van der Waals surface area contributed by atoms with Crippen LogP contribution in [0, 0.1) is 0 Å². The maximum absolute atomic E-state index is 11.9. The normalized spacial score (nSPS) is 10.2. The second-order valence-electron chi connectivity index (χ2n) is 3.05. The van der Waals surface area contributed by atoms with Crippen LogP contribution in [0.25, 0.3) is 0 Å². The smallest absolute Gasteiger partial charge is 0.255 e. The summed E-state index contributed by atoms with van der Waals surface area (Å²) in [4.78, 5) is 15.3. The maximum atomic E-state index is 11.9. The Bertz CT molecular complexity index is 358. The van der Waals surface area contributed by atoms with Gasteiger partial charge in [0.05, 0.1) is 17.8 Å². The number of alkyl halides is 2. The molecule has 1 amide bonds. The fourth-order valence-corrected chi connectivity index (χ4v) is 1.19. The van der Waals surface area contributed by atoms with E-state index in [4.69, 9.17) is 0 Å². The van der Waals surface area contributed by atoms with Crippen molar-refractivity contribution < 1.29 is 13.6 Å². The number of pyridine rings is 1. The number of amides is 1. The minimum atomic E-state index is -2.55. The summed E-state index contributed by atoms with van der Waals surface area (Å²) >= 11 is 0. The van der Waals surface area contributed by atoms with E-state index in [0.29, 0.717) is 12.2 Å². The summed E-state index contributed by atoms with van der Waals surface area (Å²) in [5.41, 5.74) is 0.856. The molecule has 1 rings (SSSR count). The number of hydrogen-bond acceptors (Lipinski definition) is 3. The highest BCUT2D eigenvalue weighted by Gasteiger charge is 2.12. The third-order valence-corrected chi connectivity index (χ3v) is 1.85. The molecule has 0 aromatic carbocycles. The summed E-state index contributed by atoms with van der Waals surface area (Å²) in [5.74, 6) is -0.552. The van der Waals surface area contributed by atoms with Crippen molar-refractivity contribution in [3.05, 3.63) is 24.0 Å². The Balaban J connectivity index is 2.73. The highest BCUT2D eigenvalue weighted by molar-refractivity contribution is 5.99. The van der Waals surface area contributed by atoms with Gasteiger partial charge < -0.3 is 10.6 Å². The molecule has 0 atom stereocenters. The number of carbonyl (C=O) groups excluding carboxylic acids is 1. The first kappa shape index (κ1) is 12.4. The third-order valence-electron chi connectivity index (χ3n) is 1.85. The monoisotopic (exact) mass is 229 g/mol. The zero-order valence-electron chi connectivity index (χ0n) is 8.84. The van der Waals surface area contributed by atoms with Gasteiger partial charge in [0.2, 0.25) is 0 Å². The number of nitrogens with zero attached hydrogens (tertiary/aromatic N) is 1. The minimum Gasteiger partial charge on any atom is -0.385 e. The van der Waals surface area contributed by atoms with Crippen molar-refractivity contribution in [1.29, 1.82) is 0 Å². The summed E-state index contributed by atoms with van der Waals surface area (Å²) < 4.78 is 23.8. The van der Waals surface area contributed by atoms with E-state index >= 15 is 0 Å². The molecule has 0 saturated heterocycles. The average Bonchev–Trinajstić information content (AvgIpc) is 2.27. The predicted molar refractivity (Wildman–Crippen MR) is 56.7 cm³/mol. The molecule has 0 radical (unpaired) electrons. The molecule has 16 heavy (non-hydrogen) atoms. The Kier molecular flexibility index (Phi) is 4.63. The highest BCUT2D eigenvalue weighted by Crippen LogP contribution is 2.12. The Morgan fingerprint density at radius 3 is 2.94 bits per heavy atom. The van der Waals surface area contributed by atoms with Crippen LogP contribution in [-0.2, 0) is 0 Å². The van der Waals surface area contributed by atoms with Crippen molar-refractivity contribution in [2.45, 2.75) is 13.3 Å². The number of halogens is 2. The molecule has 0 aliphatic rings. The van der Waals surface area contributed by atoms with Crippen LogP contribution in [0.3, 0.4) is 0 Å². The minimum absolute atomic E-state index is 0.269. The summed E-state index contributed by atoms with van der Waals surface area (Å²) in [7, 11) is 0. The Morgan fingerprint density at radius 2 is 2.31 bits per heavy atom. The third kappa shape index (κ3) is 3.45. The van der Waals surface area contributed by atoms with Crippen molar-refractivity contribution in [3.63, 3.8) is 0 Å². The maximum Gasteiger partial charge on any atom is 0.255 e. The van der Waals surface area contributed by atoms with E-state index < -0.39 is 18.9 Å². The SMILES string of the molecule is CCNc1ccncc1C(=O)NCC(F)F. The van der Waals surface area contributed by atoms with Crippen molar-refractivity contribution in [1.82, 2.24) is 10.3 Å². The van der Waals surface area contributed by atoms with Crippen molar-refractivity contribution in [3.8, 4) is 0 Å². The van der Waals surface area contributed by atoms with Gasteiger partial charge in [-0.2, -0.15) is 0 Å². The molecule has 1 aromatic rings. The number of rotatable bonds is 5. The van der Waals surface area contributed by atoms with Gasteiger partial charge in [0.25, 0.3) is 12.3 Å². The summed E-state index contributed by atoms with van der Waals surface area (Å²) in [6.07, 6.45) is 0.323. The van der Waals surface area contributed by atoms with Gasteiger partial charge in [-0.25, -0.2) is 8.78 Å². The number of hydrogen-bond donors (Lipinski definition) is 2. The first-order valence-electron chi connectivity index (χ1n) is 4.89. The molecular weight excluding hydrogens is 216 g/mol. The second kappa shape index (κ2) is 5.99. The molecule has 0 aliphatic heterocycles. The van der Waals surface area contributed by atoms with E-state index in [0.717, 1.165) is 0 Å². The largest absolute Gasteiger partial charge is 0.385 e. The molecule has 1 aromatic heterocycles. The first-order chi connectivity index (χ1) is 7.65. The van der Waals surface area contributed by atoms with Crippen LogP contribution in [0.5, 0.6) is 0 Å². The van der Waals surface area contributed by atoms with Crippen molar-refractivity contribution in [2.24, 2.45) is 0 Å². The van der Waals surface area contributed by atoms with Crippen LogP contribution in [0.15, 0.2) is 18.5 Å². The van der Waals surface area contributed by atoms with Crippen LogP contribution >= 0.6 is 0 Å². The van der Waals surface area contributed by atoms with Gasteiger partial charge in [0.1, 0.15) is 0 Å². The Morgan fingerprint density at radius 1 is 1.56 bits per heavy atom. The fraction of sp³-hybridized carbons (Fsp3) is 0.400. The van der Waals surface area contributed by atoms with E-state index in [-0.39, 0.29) is 5.56 Å². The van der Waals surface area contributed by atoms with Crippen LogP contribution < -0.4 is 10.6 Å². The fourth-order valence-electron chi connectivity index (χ4n) is 1.19. The number of carbonyl (C=O) groups is 1. The lowest BCUT2D eigenvalue weighted by Gasteiger charge is -2.09. The Labute approximate surface area is 92.1 Å². The molecule has 0 spiro atoms. The first-order valence-corrected chi connectivity index (χ1v) is 4.89. The summed E-state index contributed by atoms with van der Waals surface area (Å²) in [6, 6.07) is 1.63. The summed E-state index contributed by atoms with van der Waals surface area (Å²) in [6.45, 7) is 1.86. The average molecular weight is 229 g/mol. The second-order valence-corrected chi connectivity index (χ2v) is 3.05. The van der Waals surface area contributed by atoms with Crippen LogP contribution in [-0.4, -0.2) is 30.4 Å². The van der Waals surface area contributed by atoms with E-state index in [1.54, 1.807) is 6.07 Å². The zero-order valence-corrected chi connectivity index (χ0v) is 8.84. The molecule has 0 saturated carbocycles. The summed E-state index contributed by atoms with van der Waals surface area (Å²) in [5, 5.41) is 5.08. The van der Waals surface area contributed by atoms with Crippen LogP contribution in [0.1, 0.15) is 17.3 Å². The lowest BCUT2D eigenvalue weighted by molar-refractivity contribution is 0.0892. The van der Waals surface area contributed by atoms with Crippen molar-refractivity contribution >= 4 is 11.6 Å². The lowest BCUT2D eigenvalue weighted by atomic mass is 10.2. The molecule has 0 unspecified atom stereocenters. The van der Waals surface area contributed by atoms with Crippen LogP contribution in [0.4, 0.5) is 14.5 Å². The molecule has 0 aliphatic carbocycles. The molecule has 88 valence electrons. The van der Waals surface area contributed by atoms with Gasteiger partial charge >= 0.3 is 0 Å². The van der Waals surface area contributed by atoms with E-state index in [1.807, 2.05) is 6.92 Å². The van der Waals surface area contributed by atoms with Gasteiger partial charge in [-0.05, 0) is 13.0 Å². The quantitative estimate of drug-likeness (QED) is 0.804. The van der Waals surface area contributed by atoms with Gasteiger partial charge in [0, 0.05) is 18.9 Å². The number of aromatic nitrogens is 1. The van der Waals surface area contributed by atoms with Gasteiger partial charge in [0.15, 0.2) is 0 Å². The van der Waals surface area contributed by atoms with Gasteiger partial charge in [-0.15, -0.1) is 0 Å². The molecule has 6 heteroatoms. The molecule has 1 heterocycles. The van der Waals surface area contributed by atoms with Crippen LogP contribution in [0.2, 0.25) is 0 Å². The predicted octanol–water partition coefficient (Wildman–Crippen LogP) is 1.51. The molecular formula is C10H13F2N3O. The van der Waals surface area contributed by atoms with E-state index in [1.165, 1.54) is 12.4 Å². The van der Waals surface area contributed by atoms with Gasteiger partial charge in [-0.1, -0.05) is 0 Å². The topological polar surface area (TPSA) is 54.0 Å². The molecule has 0 fully saturated rings. The Hall–Kier alpha value is -1.72. The van der Waals surface area contributed by atoms with E-state index in [9.17, 15) is 13.6 Å². The molecule has 0 bridgehead atoms. The molecule has 2 N–H and O–H groups in total. The number of nitrogens with one attached hydrogen (secondary N) is 2. The van der Waals surface area contributed by atoms with Crippen molar-refractivity contribution in [2.75, 3.05) is 18.4 Å². The zero-order chi connectivity index (χ0) is 12.0. The molecule has 4 nitrogen and oxygen atoms in total. The highest BCUT2D eigenvalue weighted by atomic mass is 19.3.